The number of nitrogens with zero attached hydrogens (tertiary/aromatic N) is 1. The first-order valence-corrected chi connectivity index (χ1v) is 10.6. The zero-order valence-corrected chi connectivity index (χ0v) is 16.9. The molecule has 2 heterocycles. The maximum atomic E-state index is 13.0. The zero-order chi connectivity index (χ0) is 20.1. The van der Waals surface area contributed by atoms with Gasteiger partial charge in [0.1, 0.15) is 5.82 Å². The van der Waals surface area contributed by atoms with E-state index in [-0.39, 0.29) is 11.7 Å². The lowest BCUT2D eigenvalue weighted by molar-refractivity contribution is 0.0958. The van der Waals surface area contributed by atoms with Crippen LogP contribution >= 0.6 is 11.3 Å². The fraction of sp³-hybridized carbons (Fsp3) is 0.261. The second-order valence-electron chi connectivity index (χ2n) is 6.93. The Balaban J connectivity index is 1.49. The maximum Gasteiger partial charge on any atom is 0.261 e. The van der Waals surface area contributed by atoms with Crippen LogP contribution in [0.1, 0.15) is 15.2 Å². The molecule has 6 heteroatoms. The van der Waals surface area contributed by atoms with Gasteiger partial charge in [-0.1, -0.05) is 42.5 Å². The van der Waals surface area contributed by atoms with Gasteiger partial charge in [0.25, 0.3) is 5.91 Å². The first-order valence-electron chi connectivity index (χ1n) is 9.75. The second kappa shape index (κ2) is 9.20. The van der Waals surface area contributed by atoms with Crippen molar-refractivity contribution in [3.8, 4) is 11.1 Å². The third-order valence-electron chi connectivity index (χ3n) is 4.93. The average Bonchev–Trinajstić information content (AvgIpc) is 3.22. The van der Waals surface area contributed by atoms with Gasteiger partial charge in [-0.3, -0.25) is 4.79 Å². The van der Waals surface area contributed by atoms with Crippen LogP contribution in [0.25, 0.3) is 11.1 Å². The topological polar surface area (TPSA) is 41.6 Å². The Morgan fingerprint density at radius 2 is 1.79 bits per heavy atom. The first kappa shape index (κ1) is 19.6. The Kier molecular flexibility index (Phi) is 6.22. The number of rotatable bonds is 6. The third-order valence-corrected chi connectivity index (χ3v) is 6.13. The molecule has 1 saturated heterocycles. The van der Waals surface area contributed by atoms with Gasteiger partial charge >= 0.3 is 0 Å². The van der Waals surface area contributed by atoms with Gasteiger partial charge in [-0.2, -0.15) is 0 Å². The summed E-state index contributed by atoms with van der Waals surface area (Å²) >= 11 is 1.53. The van der Waals surface area contributed by atoms with Crippen LogP contribution in [-0.4, -0.2) is 38.8 Å². The number of carbonyl (C=O) groups excluding carboxylic acids is 1. The number of hydrogen-bond acceptors (Lipinski definition) is 4. The fourth-order valence-electron chi connectivity index (χ4n) is 3.38. The van der Waals surface area contributed by atoms with E-state index in [4.69, 9.17) is 4.74 Å². The zero-order valence-electron chi connectivity index (χ0n) is 16.1. The summed E-state index contributed by atoms with van der Waals surface area (Å²) in [5, 5.41) is 4.11. The Morgan fingerprint density at radius 1 is 1.07 bits per heavy atom. The first-order chi connectivity index (χ1) is 14.2. The molecule has 1 aliphatic heterocycles. The lowest BCUT2D eigenvalue weighted by Gasteiger charge is -2.28. The van der Waals surface area contributed by atoms with Gasteiger partial charge in [0.05, 0.1) is 23.1 Å². The van der Waals surface area contributed by atoms with Crippen molar-refractivity contribution in [2.24, 2.45) is 0 Å². The molecule has 29 heavy (non-hydrogen) atoms. The SMILES string of the molecule is O=C(NCCc1ccc(F)cc1)c1cc(-c2ccccc2)c(N2CCOCC2)s1. The highest BCUT2D eigenvalue weighted by atomic mass is 32.1. The molecule has 2 aromatic carbocycles. The summed E-state index contributed by atoms with van der Waals surface area (Å²) < 4.78 is 18.5. The lowest BCUT2D eigenvalue weighted by Crippen LogP contribution is -2.35. The molecule has 0 unspecified atom stereocenters. The smallest absolute Gasteiger partial charge is 0.261 e. The number of carbonyl (C=O) groups is 1. The number of halogens is 1. The Labute approximate surface area is 173 Å². The summed E-state index contributed by atoms with van der Waals surface area (Å²) in [5.41, 5.74) is 3.19. The van der Waals surface area contributed by atoms with Gasteiger partial charge in [0, 0.05) is 25.2 Å². The fourth-order valence-corrected chi connectivity index (χ4v) is 4.53. The minimum Gasteiger partial charge on any atom is -0.378 e. The monoisotopic (exact) mass is 410 g/mol. The molecule has 0 spiro atoms. The Bertz CT molecular complexity index is 951. The van der Waals surface area contributed by atoms with Crippen LogP contribution in [0.4, 0.5) is 9.39 Å². The summed E-state index contributed by atoms with van der Waals surface area (Å²) in [6.45, 7) is 3.56. The van der Waals surface area contributed by atoms with Crippen LogP contribution in [-0.2, 0) is 11.2 Å². The third kappa shape index (κ3) is 4.83. The summed E-state index contributed by atoms with van der Waals surface area (Å²) in [5.74, 6) is -0.325. The molecule has 4 rings (SSSR count). The largest absolute Gasteiger partial charge is 0.378 e. The number of ether oxygens (including phenoxy) is 1. The van der Waals surface area contributed by atoms with E-state index in [1.54, 1.807) is 12.1 Å². The predicted molar refractivity (Wildman–Crippen MR) is 115 cm³/mol. The number of thiophene rings is 1. The van der Waals surface area contributed by atoms with Crippen molar-refractivity contribution < 1.29 is 13.9 Å². The van der Waals surface area contributed by atoms with Crippen molar-refractivity contribution in [2.45, 2.75) is 6.42 Å². The van der Waals surface area contributed by atoms with E-state index >= 15 is 0 Å². The van der Waals surface area contributed by atoms with Gasteiger partial charge in [-0.15, -0.1) is 11.3 Å². The number of amides is 1. The molecule has 1 amide bonds. The van der Waals surface area contributed by atoms with Gasteiger partial charge < -0.3 is 15.0 Å². The molecule has 0 atom stereocenters. The van der Waals surface area contributed by atoms with E-state index in [1.807, 2.05) is 24.3 Å². The molecule has 3 aromatic rings. The minimum atomic E-state index is -0.250. The van der Waals surface area contributed by atoms with E-state index in [0.717, 1.165) is 34.8 Å². The van der Waals surface area contributed by atoms with Crippen molar-refractivity contribution >= 4 is 22.2 Å². The van der Waals surface area contributed by atoms with Crippen molar-refractivity contribution in [3.63, 3.8) is 0 Å². The molecule has 1 aromatic heterocycles. The summed E-state index contributed by atoms with van der Waals surface area (Å²) in [7, 11) is 0. The van der Waals surface area contributed by atoms with Crippen LogP contribution in [0.2, 0.25) is 0 Å². The molecule has 1 fully saturated rings. The van der Waals surface area contributed by atoms with Gasteiger partial charge in [0.15, 0.2) is 0 Å². The second-order valence-corrected chi connectivity index (χ2v) is 7.96. The van der Waals surface area contributed by atoms with Crippen LogP contribution in [0.15, 0.2) is 60.7 Å². The van der Waals surface area contributed by atoms with E-state index in [1.165, 1.54) is 23.5 Å². The quantitative estimate of drug-likeness (QED) is 0.656. The van der Waals surface area contributed by atoms with Crippen LogP contribution in [0.5, 0.6) is 0 Å². The van der Waals surface area contributed by atoms with Crippen molar-refractivity contribution in [1.29, 1.82) is 0 Å². The van der Waals surface area contributed by atoms with Gasteiger partial charge in [-0.25, -0.2) is 4.39 Å². The van der Waals surface area contributed by atoms with E-state index < -0.39 is 0 Å². The van der Waals surface area contributed by atoms with Crippen LogP contribution < -0.4 is 10.2 Å². The summed E-state index contributed by atoms with van der Waals surface area (Å²) in [6.07, 6.45) is 0.666. The number of hydrogen-bond donors (Lipinski definition) is 1. The molecule has 150 valence electrons. The van der Waals surface area contributed by atoms with Crippen LogP contribution in [0.3, 0.4) is 0 Å². The van der Waals surface area contributed by atoms with Crippen LogP contribution in [0, 0.1) is 5.82 Å². The molecule has 0 saturated carbocycles. The molecule has 0 aliphatic carbocycles. The minimum absolute atomic E-state index is 0.0752. The number of nitrogens with one attached hydrogen (secondary N) is 1. The standard InChI is InChI=1S/C23H23FN2O2S/c24-19-8-6-17(7-9-19)10-11-25-22(27)21-16-20(18-4-2-1-3-5-18)23(29-21)26-12-14-28-15-13-26/h1-9,16H,10-15H2,(H,25,27). The highest BCUT2D eigenvalue weighted by Gasteiger charge is 2.21. The average molecular weight is 411 g/mol. The van der Waals surface area contributed by atoms with Crippen molar-refractivity contribution in [2.75, 3.05) is 37.7 Å². The van der Waals surface area contributed by atoms with Gasteiger partial charge in [-0.05, 0) is 35.7 Å². The van der Waals surface area contributed by atoms with E-state index in [0.29, 0.717) is 31.1 Å². The molecule has 1 aliphatic rings. The summed E-state index contributed by atoms with van der Waals surface area (Å²) in [4.78, 5) is 15.8. The highest BCUT2D eigenvalue weighted by Crippen LogP contribution is 2.39. The highest BCUT2D eigenvalue weighted by molar-refractivity contribution is 7.18. The van der Waals surface area contributed by atoms with Crippen molar-refractivity contribution in [3.05, 3.63) is 76.9 Å². The Hall–Kier alpha value is -2.70. The van der Waals surface area contributed by atoms with E-state index in [9.17, 15) is 9.18 Å². The predicted octanol–water partition coefficient (Wildman–Crippen LogP) is 4.36. The molecule has 4 nitrogen and oxygen atoms in total. The number of morpholine rings is 1. The number of anilines is 1. The number of benzene rings is 2. The Morgan fingerprint density at radius 3 is 2.52 bits per heavy atom. The normalized spacial score (nSPS) is 14.0. The van der Waals surface area contributed by atoms with Gasteiger partial charge in [0.2, 0.25) is 0 Å². The molecular weight excluding hydrogens is 387 g/mol. The lowest BCUT2D eigenvalue weighted by atomic mass is 10.1. The summed E-state index contributed by atoms with van der Waals surface area (Å²) in [6, 6.07) is 18.5. The van der Waals surface area contributed by atoms with E-state index in [2.05, 4.69) is 22.3 Å². The van der Waals surface area contributed by atoms with Crippen molar-refractivity contribution in [1.82, 2.24) is 5.32 Å². The molecule has 0 radical (unpaired) electrons. The maximum absolute atomic E-state index is 13.0. The molecule has 1 N–H and O–H groups in total. The molecular formula is C23H23FN2O2S. The molecule has 0 bridgehead atoms.